The highest BCUT2D eigenvalue weighted by Gasteiger charge is 2.15. The van der Waals surface area contributed by atoms with Crippen LogP contribution in [-0.2, 0) is 6.42 Å². The van der Waals surface area contributed by atoms with Crippen molar-refractivity contribution in [1.29, 1.82) is 0 Å². The Morgan fingerprint density at radius 2 is 1.76 bits per heavy atom. The first-order chi connectivity index (χ1) is 10.3. The summed E-state index contributed by atoms with van der Waals surface area (Å²) < 4.78 is 0. The Kier molecular flexibility index (Phi) is 3.69. The Balaban J connectivity index is 2.19. The van der Waals surface area contributed by atoms with Gasteiger partial charge in [-0.3, -0.25) is 0 Å². The van der Waals surface area contributed by atoms with E-state index in [1.54, 1.807) is 0 Å². The van der Waals surface area contributed by atoms with Crippen molar-refractivity contribution in [2.24, 2.45) is 0 Å². The second kappa shape index (κ2) is 5.79. The minimum Gasteiger partial charge on any atom is -0.115 e. The highest BCUT2D eigenvalue weighted by atomic mass is 28.2. The van der Waals surface area contributed by atoms with E-state index in [4.69, 9.17) is 12.8 Å². The van der Waals surface area contributed by atoms with Crippen molar-refractivity contribution in [2.45, 2.75) is 6.42 Å². The van der Waals surface area contributed by atoms with Crippen molar-refractivity contribution < 1.29 is 0 Å². The van der Waals surface area contributed by atoms with E-state index < -0.39 is 0 Å². The SMILES string of the molecule is C#CC1=CCc2ccc(C#C)cc2C1=[SiH]c1ccccc1. The van der Waals surface area contributed by atoms with Gasteiger partial charge in [0.1, 0.15) is 0 Å². The molecular weight excluding hydrogens is 268 g/mol. The Bertz CT molecular complexity index is 824. The standard InChI is InChI=1S/C20H14Si/c1-3-15-10-11-17-13-12-16(4-2)20(19(17)14-15)21-18-8-6-5-7-9-18/h1-2,5-12,14,21H,13H2. The van der Waals surface area contributed by atoms with Crippen LogP contribution in [0.15, 0.2) is 60.2 Å². The molecule has 0 N–H and O–H groups in total. The molecular formula is C20H14Si. The van der Waals surface area contributed by atoms with E-state index >= 15 is 0 Å². The molecule has 1 heteroatoms. The summed E-state index contributed by atoms with van der Waals surface area (Å²) in [6, 6.07) is 16.7. The van der Waals surface area contributed by atoms with Gasteiger partial charge in [0, 0.05) is 20.3 Å². The van der Waals surface area contributed by atoms with Crippen LogP contribution in [0.3, 0.4) is 0 Å². The smallest absolute Gasteiger partial charge is 0.0409 e. The molecule has 0 nitrogen and oxygen atoms in total. The fourth-order valence-electron chi connectivity index (χ4n) is 2.57. The largest absolute Gasteiger partial charge is 0.115 e. The number of hydrogen-bond donors (Lipinski definition) is 0. The molecule has 0 saturated heterocycles. The first kappa shape index (κ1) is 13.4. The van der Waals surface area contributed by atoms with Gasteiger partial charge in [-0.1, -0.05) is 54.3 Å². The molecule has 1 aliphatic rings. The van der Waals surface area contributed by atoms with Crippen LogP contribution < -0.4 is 5.19 Å². The lowest BCUT2D eigenvalue weighted by molar-refractivity contribution is 1.23. The van der Waals surface area contributed by atoms with Gasteiger partial charge in [0.05, 0.1) is 0 Å². The van der Waals surface area contributed by atoms with Crippen LogP contribution in [0.2, 0.25) is 0 Å². The molecule has 3 rings (SSSR count). The number of rotatable bonds is 1. The molecule has 2 aromatic rings. The Hall–Kier alpha value is -2.61. The van der Waals surface area contributed by atoms with Crippen LogP contribution in [-0.4, -0.2) is 14.3 Å². The number of allylic oxidation sites excluding steroid dienone is 2. The summed E-state index contributed by atoms with van der Waals surface area (Å²) in [6.07, 6.45) is 14.3. The molecule has 0 heterocycles. The van der Waals surface area contributed by atoms with Crippen molar-refractivity contribution in [3.8, 4) is 24.7 Å². The number of hydrogen-bond acceptors (Lipinski definition) is 0. The zero-order chi connectivity index (χ0) is 14.7. The van der Waals surface area contributed by atoms with Gasteiger partial charge in [-0.15, -0.1) is 12.8 Å². The molecule has 21 heavy (non-hydrogen) atoms. The maximum atomic E-state index is 5.71. The minimum absolute atomic E-state index is 0.0339. The Morgan fingerprint density at radius 3 is 2.48 bits per heavy atom. The van der Waals surface area contributed by atoms with E-state index in [9.17, 15) is 0 Å². The van der Waals surface area contributed by atoms with Gasteiger partial charge in [-0.2, -0.15) is 0 Å². The van der Waals surface area contributed by atoms with Crippen molar-refractivity contribution in [3.63, 3.8) is 0 Å². The van der Waals surface area contributed by atoms with Gasteiger partial charge >= 0.3 is 0 Å². The maximum absolute atomic E-state index is 5.71. The van der Waals surface area contributed by atoms with E-state index in [2.05, 4.69) is 54.3 Å². The first-order valence-electron chi connectivity index (χ1n) is 6.85. The van der Waals surface area contributed by atoms with Gasteiger partial charge < -0.3 is 0 Å². The van der Waals surface area contributed by atoms with Crippen LogP contribution in [0.5, 0.6) is 0 Å². The predicted octanol–water partition coefficient (Wildman–Crippen LogP) is 2.07. The fourth-order valence-corrected chi connectivity index (χ4v) is 4.10. The third-order valence-corrected chi connectivity index (χ3v) is 5.28. The molecule has 0 atom stereocenters. The van der Waals surface area contributed by atoms with Crippen molar-refractivity contribution in [1.82, 2.24) is 0 Å². The van der Waals surface area contributed by atoms with Crippen molar-refractivity contribution in [3.05, 3.63) is 76.9 Å². The number of benzene rings is 2. The normalized spacial score (nSPS) is 14.8. The van der Waals surface area contributed by atoms with Crippen molar-refractivity contribution in [2.75, 3.05) is 0 Å². The summed E-state index contributed by atoms with van der Waals surface area (Å²) >= 11 is 0. The zero-order valence-corrected chi connectivity index (χ0v) is 12.8. The molecule has 0 amide bonds. The topological polar surface area (TPSA) is 0 Å². The maximum Gasteiger partial charge on any atom is 0.0409 e. The van der Waals surface area contributed by atoms with Crippen LogP contribution >= 0.6 is 0 Å². The summed E-state index contributed by atoms with van der Waals surface area (Å²) in [5, 5.41) is 2.62. The molecule has 0 fully saturated rings. The van der Waals surface area contributed by atoms with Crippen LogP contribution in [0.4, 0.5) is 0 Å². The van der Waals surface area contributed by atoms with E-state index in [0.717, 1.165) is 17.6 Å². The van der Waals surface area contributed by atoms with Gasteiger partial charge in [0.25, 0.3) is 0 Å². The lowest BCUT2D eigenvalue weighted by atomic mass is 9.90. The fraction of sp³-hybridized carbons (Fsp3) is 0.0500. The predicted molar refractivity (Wildman–Crippen MR) is 92.3 cm³/mol. The average molecular weight is 282 g/mol. The lowest BCUT2D eigenvalue weighted by Crippen LogP contribution is -2.22. The summed E-state index contributed by atoms with van der Waals surface area (Å²) in [4.78, 5) is 0. The molecule has 0 saturated carbocycles. The first-order valence-corrected chi connectivity index (χ1v) is 8.01. The van der Waals surface area contributed by atoms with Gasteiger partial charge in [0.15, 0.2) is 0 Å². The quantitative estimate of drug-likeness (QED) is 0.555. The average Bonchev–Trinajstić information content (AvgIpc) is 2.55. The zero-order valence-electron chi connectivity index (χ0n) is 11.6. The molecule has 0 radical (unpaired) electrons. The van der Waals surface area contributed by atoms with E-state index in [0.29, 0.717) is 0 Å². The molecule has 0 unspecified atom stereocenters. The number of terminal acetylenes is 2. The highest BCUT2D eigenvalue weighted by Crippen LogP contribution is 2.21. The molecule has 2 aromatic carbocycles. The van der Waals surface area contributed by atoms with E-state index in [1.165, 1.54) is 21.5 Å². The molecule has 0 spiro atoms. The Morgan fingerprint density at radius 1 is 0.952 bits per heavy atom. The van der Waals surface area contributed by atoms with E-state index in [1.807, 2.05) is 12.1 Å². The van der Waals surface area contributed by atoms with Gasteiger partial charge in [-0.05, 0) is 40.0 Å². The van der Waals surface area contributed by atoms with E-state index in [-0.39, 0.29) is 9.13 Å². The molecule has 1 aliphatic carbocycles. The highest BCUT2D eigenvalue weighted by molar-refractivity contribution is 6.72. The van der Waals surface area contributed by atoms with Crippen LogP contribution in [0, 0.1) is 24.7 Å². The molecule has 0 bridgehead atoms. The summed E-state index contributed by atoms with van der Waals surface area (Å²) in [5.74, 6) is 5.57. The molecule has 98 valence electrons. The Labute approximate surface area is 128 Å². The summed E-state index contributed by atoms with van der Waals surface area (Å²) in [5.41, 5.74) is 4.48. The second-order valence-corrected chi connectivity index (χ2v) is 6.48. The monoisotopic (exact) mass is 282 g/mol. The third kappa shape index (κ3) is 2.65. The summed E-state index contributed by atoms with van der Waals surface area (Å²) in [6.45, 7) is 0. The van der Waals surface area contributed by atoms with Gasteiger partial charge in [-0.25, -0.2) is 0 Å². The second-order valence-electron chi connectivity index (χ2n) is 4.95. The third-order valence-electron chi connectivity index (χ3n) is 3.65. The van der Waals surface area contributed by atoms with Crippen LogP contribution in [0.25, 0.3) is 0 Å². The van der Waals surface area contributed by atoms with Gasteiger partial charge in [0.2, 0.25) is 0 Å². The van der Waals surface area contributed by atoms with Crippen molar-refractivity contribution >= 4 is 19.5 Å². The van der Waals surface area contributed by atoms with Crippen LogP contribution in [0.1, 0.15) is 16.7 Å². The minimum atomic E-state index is -0.0339. The molecule has 0 aromatic heterocycles. The summed E-state index contributed by atoms with van der Waals surface area (Å²) in [7, 11) is -0.0339. The number of fused-ring (bicyclic) bond motifs is 1. The lowest BCUT2D eigenvalue weighted by Gasteiger charge is -2.18. The molecule has 0 aliphatic heterocycles.